The highest BCUT2D eigenvalue weighted by molar-refractivity contribution is 5.92. The first-order chi connectivity index (χ1) is 14.0. The summed E-state index contributed by atoms with van der Waals surface area (Å²) in [5, 5.41) is 11.0. The van der Waals surface area contributed by atoms with Crippen LogP contribution < -0.4 is 5.73 Å². The molecular weight excluding hydrogens is 362 g/mol. The second-order valence-electron chi connectivity index (χ2n) is 7.98. The van der Waals surface area contributed by atoms with Gasteiger partial charge in [-0.05, 0) is 48.9 Å². The summed E-state index contributed by atoms with van der Waals surface area (Å²) in [4.78, 5) is 13.1. The summed E-state index contributed by atoms with van der Waals surface area (Å²) < 4.78 is 6.07. The van der Waals surface area contributed by atoms with Gasteiger partial charge in [-0.15, -0.1) is 0 Å². The minimum absolute atomic E-state index is 0.164. The number of aryl methyl sites for hydroxylation is 1. The monoisotopic (exact) mass is 393 g/mol. The van der Waals surface area contributed by atoms with Gasteiger partial charge in [-0.1, -0.05) is 62.7 Å². The van der Waals surface area contributed by atoms with Gasteiger partial charge < -0.3 is 15.6 Å². The summed E-state index contributed by atoms with van der Waals surface area (Å²) in [6.45, 7) is 4.08. The van der Waals surface area contributed by atoms with Crippen molar-refractivity contribution < 1.29 is 14.6 Å². The number of hydrogen-bond donors (Lipinski definition) is 2. The van der Waals surface area contributed by atoms with Crippen LogP contribution in [-0.4, -0.2) is 16.7 Å². The number of hydrogen-bond acceptors (Lipinski definition) is 4. The van der Waals surface area contributed by atoms with E-state index in [1.807, 2.05) is 49.4 Å². The minimum atomic E-state index is -0.650. The highest BCUT2D eigenvalue weighted by atomic mass is 16.6. The molecule has 3 rings (SSSR count). The maximum absolute atomic E-state index is 13.1. The van der Waals surface area contributed by atoms with Gasteiger partial charge in [0.25, 0.3) is 0 Å². The Hall–Kier alpha value is -2.75. The molecule has 1 heterocycles. The molecule has 154 valence electrons. The lowest BCUT2D eigenvalue weighted by molar-refractivity contribution is -0.161. The largest absolute Gasteiger partial charge is 0.512 e. The first kappa shape index (κ1) is 21.0. The lowest BCUT2D eigenvalue weighted by Gasteiger charge is -2.38. The number of cyclic esters (lactones) is 1. The fourth-order valence-electron chi connectivity index (χ4n) is 4.41. The van der Waals surface area contributed by atoms with Gasteiger partial charge in [-0.25, -0.2) is 4.79 Å². The standard InChI is InChI=1S/C25H31NO3/c1-3-14-25(15-13-18-9-6-5-7-10-18)17-22(27)23(24(28)29-25)21(4-2)19-11-8-12-20(26)16-19/h5-12,16,21,27H,3-4,13-15,17,26H2,1-2H3/t21-,25-/m0/s1. The molecule has 2 aromatic rings. The number of carbonyl (C=O) groups excluding carboxylic acids is 1. The maximum Gasteiger partial charge on any atom is 0.338 e. The normalized spacial score (nSPS) is 20.4. The van der Waals surface area contributed by atoms with Crippen molar-refractivity contribution in [2.45, 2.75) is 63.9 Å². The molecule has 3 N–H and O–H groups in total. The van der Waals surface area contributed by atoms with Crippen molar-refractivity contribution in [1.29, 1.82) is 0 Å². The van der Waals surface area contributed by atoms with Crippen molar-refractivity contribution in [2.75, 3.05) is 5.73 Å². The average molecular weight is 394 g/mol. The van der Waals surface area contributed by atoms with Crippen LogP contribution in [0.5, 0.6) is 0 Å². The smallest absolute Gasteiger partial charge is 0.338 e. The van der Waals surface area contributed by atoms with E-state index in [2.05, 4.69) is 19.1 Å². The first-order valence-electron chi connectivity index (χ1n) is 10.5. The van der Waals surface area contributed by atoms with Crippen LogP contribution in [0.4, 0.5) is 5.69 Å². The summed E-state index contributed by atoms with van der Waals surface area (Å²) in [7, 11) is 0. The van der Waals surface area contributed by atoms with Crippen LogP contribution in [0, 0.1) is 0 Å². The number of benzene rings is 2. The minimum Gasteiger partial charge on any atom is -0.512 e. The number of ether oxygens (including phenoxy) is 1. The predicted molar refractivity (Wildman–Crippen MR) is 117 cm³/mol. The molecule has 0 radical (unpaired) electrons. The third-order valence-corrected chi connectivity index (χ3v) is 5.82. The van der Waals surface area contributed by atoms with Gasteiger partial charge in [0.2, 0.25) is 0 Å². The van der Waals surface area contributed by atoms with Gasteiger partial charge in [0.1, 0.15) is 11.4 Å². The lowest BCUT2D eigenvalue weighted by atomic mass is 9.80. The Labute approximate surface area is 173 Å². The number of aliphatic hydroxyl groups is 1. The fraction of sp³-hybridized carbons (Fsp3) is 0.400. The van der Waals surface area contributed by atoms with Crippen LogP contribution in [0.15, 0.2) is 65.9 Å². The molecule has 0 aliphatic carbocycles. The molecule has 0 aromatic heterocycles. The molecule has 0 spiro atoms. The molecule has 0 bridgehead atoms. The van der Waals surface area contributed by atoms with Crippen molar-refractivity contribution in [2.24, 2.45) is 0 Å². The van der Waals surface area contributed by atoms with Gasteiger partial charge in [0.15, 0.2) is 0 Å². The SMILES string of the molecule is CCC[C@]1(CCc2ccccc2)CC(O)=C([C@@H](CC)c2cccc(N)c2)C(=O)O1. The van der Waals surface area contributed by atoms with E-state index in [0.717, 1.165) is 24.8 Å². The van der Waals surface area contributed by atoms with Crippen molar-refractivity contribution in [1.82, 2.24) is 0 Å². The van der Waals surface area contributed by atoms with Crippen molar-refractivity contribution in [3.63, 3.8) is 0 Å². The third kappa shape index (κ3) is 4.81. The number of anilines is 1. The zero-order valence-corrected chi connectivity index (χ0v) is 17.4. The van der Waals surface area contributed by atoms with E-state index >= 15 is 0 Å². The fourth-order valence-corrected chi connectivity index (χ4v) is 4.41. The van der Waals surface area contributed by atoms with Gasteiger partial charge >= 0.3 is 5.97 Å². The van der Waals surface area contributed by atoms with E-state index in [9.17, 15) is 9.90 Å². The zero-order valence-electron chi connectivity index (χ0n) is 17.4. The third-order valence-electron chi connectivity index (χ3n) is 5.82. The van der Waals surface area contributed by atoms with Gasteiger partial charge in [0, 0.05) is 18.0 Å². The number of aliphatic hydroxyl groups excluding tert-OH is 1. The van der Waals surface area contributed by atoms with E-state index in [0.29, 0.717) is 30.5 Å². The number of nitrogens with two attached hydrogens (primary N) is 1. The molecule has 0 fully saturated rings. The quantitative estimate of drug-likeness (QED) is 0.446. The Balaban J connectivity index is 1.87. The van der Waals surface area contributed by atoms with Gasteiger partial charge in [0.05, 0.1) is 5.57 Å². The summed E-state index contributed by atoms with van der Waals surface area (Å²) in [6, 6.07) is 17.7. The molecular formula is C25H31NO3. The van der Waals surface area contributed by atoms with E-state index < -0.39 is 11.6 Å². The summed E-state index contributed by atoms with van der Waals surface area (Å²) in [5.41, 5.74) is 8.45. The molecule has 4 nitrogen and oxygen atoms in total. The molecule has 1 aliphatic heterocycles. The van der Waals surface area contributed by atoms with Gasteiger partial charge in [-0.3, -0.25) is 0 Å². The second kappa shape index (κ2) is 9.17. The molecule has 0 unspecified atom stereocenters. The van der Waals surface area contributed by atoms with Crippen LogP contribution in [-0.2, 0) is 16.0 Å². The summed E-state index contributed by atoms with van der Waals surface area (Å²) in [5.74, 6) is -0.457. The van der Waals surface area contributed by atoms with Crippen LogP contribution in [0.2, 0.25) is 0 Å². The van der Waals surface area contributed by atoms with Gasteiger partial charge in [-0.2, -0.15) is 0 Å². The Morgan fingerprint density at radius 1 is 1.10 bits per heavy atom. The van der Waals surface area contributed by atoms with Crippen molar-refractivity contribution in [3.05, 3.63) is 77.1 Å². The molecule has 0 saturated heterocycles. The molecule has 0 saturated carbocycles. The zero-order chi connectivity index (χ0) is 20.9. The Kier molecular flexibility index (Phi) is 6.63. The maximum atomic E-state index is 13.1. The number of esters is 1. The molecule has 0 amide bonds. The van der Waals surface area contributed by atoms with Crippen LogP contribution >= 0.6 is 0 Å². The van der Waals surface area contributed by atoms with E-state index in [1.165, 1.54) is 5.56 Å². The lowest BCUT2D eigenvalue weighted by Crippen LogP contribution is -2.41. The molecule has 29 heavy (non-hydrogen) atoms. The molecule has 4 heteroatoms. The average Bonchev–Trinajstić information content (AvgIpc) is 2.70. The highest BCUT2D eigenvalue weighted by Crippen LogP contribution is 2.42. The summed E-state index contributed by atoms with van der Waals surface area (Å²) in [6.07, 6.45) is 4.18. The molecule has 2 aromatic carbocycles. The van der Waals surface area contributed by atoms with Crippen molar-refractivity contribution >= 4 is 11.7 Å². The number of carbonyl (C=O) groups is 1. The summed E-state index contributed by atoms with van der Waals surface area (Å²) >= 11 is 0. The van der Waals surface area contributed by atoms with E-state index in [1.54, 1.807) is 0 Å². The predicted octanol–water partition coefficient (Wildman–Crippen LogP) is 5.69. The van der Waals surface area contributed by atoms with Crippen LogP contribution in [0.25, 0.3) is 0 Å². The molecule has 2 atom stereocenters. The van der Waals surface area contributed by atoms with Crippen LogP contribution in [0.3, 0.4) is 0 Å². The van der Waals surface area contributed by atoms with Crippen LogP contribution in [0.1, 0.15) is 63.0 Å². The first-order valence-corrected chi connectivity index (χ1v) is 10.5. The Bertz CT molecular complexity index is 875. The number of nitrogen functional groups attached to an aromatic ring is 1. The second-order valence-corrected chi connectivity index (χ2v) is 7.98. The topological polar surface area (TPSA) is 72.5 Å². The Morgan fingerprint density at radius 2 is 1.86 bits per heavy atom. The number of rotatable bonds is 8. The highest BCUT2D eigenvalue weighted by Gasteiger charge is 2.43. The van der Waals surface area contributed by atoms with E-state index in [4.69, 9.17) is 10.5 Å². The Morgan fingerprint density at radius 3 is 2.48 bits per heavy atom. The molecule has 1 aliphatic rings. The van der Waals surface area contributed by atoms with Crippen molar-refractivity contribution in [3.8, 4) is 0 Å². The van der Waals surface area contributed by atoms with E-state index in [-0.39, 0.29) is 11.7 Å².